The molecule has 2 rings (SSSR count). The molecule has 2 aromatic rings. The Morgan fingerprint density at radius 2 is 1.68 bits per heavy atom. The van der Waals surface area contributed by atoms with Gasteiger partial charge in [-0.25, -0.2) is 0 Å². The summed E-state index contributed by atoms with van der Waals surface area (Å²) in [5, 5.41) is 0. The van der Waals surface area contributed by atoms with Gasteiger partial charge in [0.1, 0.15) is 0 Å². The largest absolute Gasteiger partial charge is 0.295 e. The first kappa shape index (κ1) is 13.1. The first-order chi connectivity index (χ1) is 9.25. The van der Waals surface area contributed by atoms with Gasteiger partial charge in [-0.05, 0) is 31.0 Å². The van der Waals surface area contributed by atoms with E-state index in [-0.39, 0.29) is 5.78 Å². The van der Waals surface area contributed by atoms with Crippen LogP contribution in [0.25, 0.3) is 0 Å². The minimum absolute atomic E-state index is 0.0867. The van der Waals surface area contributed by atoms with Gasteiger partial charge >= 0.3 is 0 Å². The van der Waals surface area contributed by atoms with Crippen molar-refractivity contribution in [1.29, 1.82) is 0 Å². The summed E-state index contributed by atoms with van der Waals surface area (Å²) in [5.41, 5.74) is 3.00. The van der Waals surface area contributed by atoms with Gasteiger partial charge in [0.25, 0.3) is 0 Å². The summed E-state index contributed by atoms with van der Waals surface area (Å²) in [4.78, 5) is 11.1. The van der Waals surface area contributed by atoms with Crippen molar-refractivity contribution in [3.05, 3.63) is 71.3 Å². The lowest BCUT2D eigenvalue weighted by Crippen LogP contribution is -1.90. The van der Waals surface area contributed by atoms with Gasteiger partial charge < -0.3 is 0 Å². The van der Waals surface area contributed by atoms with Gasteiger partial charge in [0, 0.05) is 17.5 Å². The molecule has 2 aromatic carbocycles. The fourth-order valence-corrected chi connectivity index (χ4v) is 1.80. The molecule has 0 heterocycles. The lowest BCUT2D eigenvalue weighted by Gasteiger charge is -1.96. The van der Waals surface area contributed by atoms with Crippen LogP contribution in [0, 0.1) is 11.8 Å². The summed E-state index contributed by atoms with van der Waals surface area (Å²) in [7, 11) is 0. The number of carbonyl (C=O) groups is 1. The van der Waals surface area contributed by atoms with Crippen LogP contribution < -0.4 is 0 Å². The molecule has 0 aliphatic carbocycles. The van der Waals surface area contributed by atoms with Crippen LogP contribution in [0.2, 0.25) is 0 Å². The first-order valence-corrected chi connectivity index (χ1v) is 6.39. The van der Waals surface area contributed by atoms with E-state index in [2.05, 4.69) is 24.0 Å². The third-order valence-electron chi connectivity index (χ3n) is 2.91. The molecule has 1 heteroatoms. The highest BCUT2D eigenvalue weighted by molar-refractivity contribution is 5.94. The Labute approximate surface area is 114 Å². The van der Waals surface area contributed by atoms with Crippen LogP contribution in [0.4, 0.5) is 0 Å². The molecule has 0 aliphatic heterocycles. The van der Waals surface area contributed by atoms with Gasteiger partial charge in [-0.2, -0.15) is 0 Å². The van der Waals surface area contributed by atoms with Crippen molar-refractivity contribution in [3.63, 3.8) is 0 Å². The molecule has 1 nitrogen and oxygen atoms in total. The summed E-state index contributed by atoms with van der Waals surface area (Å²) in [6.07, 6.45) is 1.82. The summed E-state index contributed by atoms with van der Waals surface area (Å²) < 4.78 is 0. The average Bonchev–Trinajstić information content (AvgIpc) is 2.45. The van der Waals surface area contributed by atoms with Crippen LogP contribution in [-0.2, 0) is 6.42 Å². The van der Waals surface area contributed by atoms with Gasteiger partial charge in [-0.3, -0.25) is 4.79 Å². The quantitative estimate of drug-likeness (QED) is 0.595. The minimum atomic E-state index is 0.0867. The molecule has 0 saturated heterocycles. The van der Waals surface area contributed by atoms with E-state index in [4.69, 9.17) is 0 Å². The Hall–Kier alpha value is -2.33. The van der Waals surface area contributed by atoms with Crippen molar-refractivity contribution in [2.45, 2.75) is 19.8 Å². The number of Topliss-reactive ketones (excluding diaryl/α,β-unsaturated/α-hetero) is 1. The van der Waals surface area contributed by atoms with Crippen LogP contribution in [-0.4, -0.2) is 5.78 Å². The minimum Gasteiger partial charge on any atom is -0.295 e. The molecule has 0 aliphatic rings. The Kier molecular flexibility index (Phi) is 4.53. The normalized spacial score (nSPS) is 9.53. The highest BCUT2D eigenvalue weighted by Gasteiger charge is 1.96. The SMILES string of the molecule is CC(=O)c1ccc(C#CCCc2ccccc2)cc1. The lowest BCUT2D eigenvalue weighted by atomic mass is 10.1. The molecule has 94 valence electrons. The van der Waals surface area contributed by atoms with Gasteiger partial charge in [-0.1, -0.05) is 54.3 Å². The molecule has 0 unspecified atom stereocenters. The molecule has 0 aromatic heterocycles. The van der Waals surface area contributed by atoms with Gasteiger partial charge in [0.2, 0.25) is 0 Å². The van der Waals surface area contributed by atoms with E-state index >= 15 is 0 Å². The highest BCUT2D eigenvalue weighted by Crippen LogP contribution is 2.05. The number of ketones is 1. The number of aryl methyl sites for hydroxylation is 1. The Bertz CT molecular complexity index is 598. The van der Waals surface area contributed by atoms with Crippen molar-refractivity contribution >= 4 is 5.78 Å². The van der Waals surface area contributed by atoms with Crippen LogP contribution in [0.15, 0.2) is 54.6 Å². The van der Waals surface area contributed by atoms with Crippen LogP contribution >= 0.6 is 0 Å². The average molecular weight is 248 g/mol. The van der Waals surface area contributed by atoms with Crippen LogP contribution in [0.5, 0.6) is 0 Å². The molecular weight excluding hydrogens is 232 g/mol. The van der Waals surface area contributed by atoms with Crippen LogP contribution in [0.3, 0.4) is 0 Å². The second-order valence-corrected chi connectivity index (χ2v) is 4.42. The zero-order valence-electron chi connectivity index (χ0n) is 11.0. The van der Waals surface area contributed by atoms with E-state index in [1.54, 1.807) is 6.92 Å². The number of hydrogen-bond donors (Lipinski definition) is 0. The van der Waals surface area contributed by atoms with E-state index in [1.165, 1.54) is 5.56 Å². The molecule has 0 amide bonds. The van der Waals surface area contributed by atoms with Gasteiger partial charge in [0.05, 0.1) is 0 Å². The van der Waals surface area contributed by atoms with Crippen molar-refractivity contribution in [2.24, 2.45) is 0 Å². The maximum atomic E-state index is 11.1. The highest BCUT2D eigenvalue weighted by atomic mass is 16.1. The molecule has 0 bridgehead atoms. The van der Waals surface area contributed by atoms with Crippen molar-refractivity contribution in [2.75, 3.05) is 0 Å². The molecular formula is C18H16O. The third-order valence-corrected chi connectivity index (χ3v) is 2.91. The zero-order valence-corrected chi connectivity index (χ0v) is 11.0. The molecule has 19 heavy (non-hydrogen) atoms. The summed E-state index contributed by atoms with van der Waals surface area (Å²) in [6.45, 7) is 1.57. The van der Waals surface area contributed by atoms with E-state index in [0.29, 0.717) is 0 Å². The number of carbonyl (C=O) groups excluding carboxylic acids is 1. The smallest absolute Gasteiger partial charge is 0.159 e. The van der Waals surface area contributed by atoms with Gasteiger partial charge in [-0.15, -0.1) is 0 Å². The molecule has 0 atom stereocenters. The van der Waals surface area contributed by atoms with Crippen LogP contribution in [0.1, 0.15) is 34.8 Å². The first-order valence-electron chi connectivity index (χ1n) is 6.39. The van der Waals surface area contributed by atoms with Crippen molar-refractivity contribution in [3.8, 4) is 11.8 Å². The fourth-order valence-electron chi connectivity index (χ4n) is 1.80. The van der Waals surface area contributed by atoms with E-state index < -0.39 is 0 Å². The molecule has 0 radical (unpaired) electrons. The topological polar surface area (TPSA) is 17.1 Å². The maximum absolute atomic E-state index is 11.1. The van der Waals surface area contributed by atoms with Gasteiger partial charge in [0.15, 0.2) is 5.78 Å². The van der Waals surface area contributed by atoms with E-state index in [1.807, 2.05) is 42.5 Å². The Balaban J connectivity index is 1.91. The Morgan fingerprint density at radius 1 is 1.00 bits per heavy atom. The predicted molar refractivity (Wildman–Crippen MR) is 78.1 cm³/mol. The second-order valence-electron chi connectivity index (χ2n) is 4.42. The number of rotatable bonds is 3. The fraction of sp³-hybridized carbons (Fsp3) is 0.167. The predicted octanol–water partition coefficient (Wildman–Crippen LogP) is 3.87. The summed E-state index contributed by atoms with van der Waals surface area (Å²) >= 11 is 0. The zero-order chi connectivity index (χ0) is 13.5. The second kappa shape index (κ2) is 6.56. The van der Waals surface area contributed by atoms with E-state index in [0.717, 1.165) is 24.0 Å². The third kappa shape index (κ3) is 4.12. The Morgan fingerprint density at radius 3 is 2.32 bits per heavy atom. The number of benzene rings is 2. The summed E-state index contributed by atoms with van der Waals surface area (Å²) in [6, 6.07) is 17.8. The molecule has 0 spiro atoms. The summed E-state index contributed by atoms with van der Waals surface area (Å²) in [5.74, 6) is 6.37. The molecule has 0 saturated carbocycles. The van der Waals surface area contributed by atoms with E-state index in [9.17, 15) is 4.79 Å². The molecule has 0 fully saturated rings. The monoisotopic (exact) mass is 248 g/mol. The lowest BCUT2D eigenvalue weighted by molar-refractivity contribution is 0.101. The molecule has 0 N–H and O–H groups in total. The maximum Gasteiger partial charge on any atom is 0.159 e. The van der Waals surface area contributed by atoms with Crippen molar-refractivity contribution in [1.82, 2.24) is 0 Å². The van der Waals surface area contributed by atoms with Crippen molar-refractivity contribution < 1.29 is 4.79 Å². The number of hydrogen-bond acceptors (Lipinski definition) is 1. The standard InChI is InChI=1S/C18H16O/c1-15(19)18-13-11-17(12-14-18)10-6-5-9-16-7-3-2-4-8-16/h2-4,7-8,11-14H,5,9H2,1H3.